The molecule has 1 fully saturated rings. The van der Waals surface area contributed by atoms with E-state index in [-0.39, 0.29) is 11.6 Å². The number of anilines is 1. The van der Waals surface area contributed by atoms with Gasteiger partial charge < -0.3 is 19.1 Å². The molecule has 1 amide bonds. The summed E-state index contributed by atoms with van der Waals surface area (Å²) in [5, 5.41) is 11.9. The van der Waals surface area contributed by atoms with E-state index in [2.05, 4.69) is 32.8 Å². The monoisotopic (exact) mass is 534 g/mol. The summed E-state index contributed by atoms with van der Waals surface area (Å²) < 4.78 is 7.52. The van der Waals surface area contributed by atoms with E-state index in [9.17, 15) is 14.9 Å². The summed E-state index contributed by atoms with van der Waals surface area (Å²) in [6.45, 7) is 2.17. The van der Waals surface area contributed by atoms with Crippen molar-refractivity contribution in [3.63, 3.8) is 0 Å². The van der Waals surface area contributed by atoms with Crippen LogP contribution in [0, 0.1) is 10.1 Å². The van der Waals surface area contributed by atoms with Crippen molar-refractivity contribution in [2.24, 2.45) is 0 Å². The molecule has 0 bridgehead atoms. The second-order valence-electron chi connectivity index (χ2n) is 9.46. The Hall–Kier alpha value is -5.25. The van der Waals surface area contributed by atoms with E-state index in [0.717, 1.165) is 39.4 Å². The number of carbonyl (C=O) groups excluding carboxylic acids is 1. The van der Waals surface area contributed by atoms with Crippen LogP contribution in [0.25, 0.3) is 27.8 Å². The highest BCUT2D eigenvalue weighted by Crippen LogP contribution is 2.37. The van der Waals surface area contributed by atoms with E-state index in [1.807, 2.05) is 42.5 Å². The van der Waals surface area contributed by atoms with Gasteiger partial charge in [-0.05, 0) is 29.8 Å². The van der Waals surface area contributed by atoms with Crippen LogP contribution < -0.4 is 9.64 Å². The molecule has 0 spiro atoms. The quantitative estimate of drug-likeness (QED) is 0.224. The van der Waals surface area contributed by atoms with E-state index in [1.54, 1.807) is 18.3 Å². The van der Waals surface area contributed by atoms with Gasteiger partial charge in [-0.3, -0.25) is 14.9 Å². The number of methoxy groups -OCH3 is 1. The van der Waals surface area contributed by atoms with Gasteiger partial charge in [0.25, 0.3) is 11.6 Å². The largest absolute Gasteiger partial charge is 0.497 e. The average Bonchev–Trinajstić information content (AvgIpc) is 3.41. The first-order chi connectivity index (χ1) is 19.5. The number of amides is 1. The zero-order chi connectivity index (χ0) is 27.6. The number of aromatic nitrogens is 3. The molecule has 0 saturated carbocycles. The van der Waals surface area contributed by atoms with Crippen LogP contribution in [0.3, 0.4) is 0 Å². The maximum atomic E-state index is 13.1. The molecule has 3 heterocycles. The fraction of sp³-hybridized carbons (Fsp3) is 0.167. The topological polar surface area (TPSA) is 107 Å². The van der Waals surface area contributed by atoms with Crippen LogP contribution in [-0.2, 0) is 0 Å². The van der Waals surface area contributed by atoms with Gasteiger partial charge in [0.2, 0.25) is 0 Å². The molecular formula is C30H26N6O4. The second-order valence-corrected chi connectivity index (χ2v) is 9.46. The van der Waals surface area contributed by atoms with Crippen molar-refractivity contribution in [1.29, 1.82) is 0 Å². The number of non-ortho nitro benzene ring substituents is 1. The molecule has 0 aliphatic carbocycles. The molecule has 1 aliphatic rings. The van der Waals surface area contributed by atoms with Crippen molar-refractivity contribution in [3.05, 3.63) is 107 Å². The summed E-state index contributed by atoms with van der Waals surface area (Å²) in [6, 6.07) is 23.7. The standard InChI is InChI=1S/C30H26N6O4/c1-40-25-9-5-8-24(18-25)35-19-26(21-6-3-2-4-7-21)27-28(31-20-32-29(27)35)33-14-16-34(17-15-33)30(37)22-10-12-23(13-11-22)36(38)39/h2-13,18-20H,14-17H2,1H3. The summed E-state index contributed by atoms with van der Waals surface area (Å²) in [6.07, 6.45) is 3.67. The molecule has 10 heteroatoms. The maximum Gasteiger partial charge on any atom is 0.269 e. The van der Waals surface area contributed by atoms with Gasteiger partial charge in [-0.15, -0.1) is 0 Å². The lowest BCUT2D eigenvalue weighted by Crippen LogP contribution is -2.49. The Kier molecular flexibility index (Phi) is 6.57. The fourth-order valence-corrected chi connectivity index (χ4v) is 5.11. The molecule has 6 rings (SSSR count). The molecule has 0 unspecified atom stereocenters. The molecule has 2 aromatic heterocycles. The minimum Gasteiger partial charge on any atom is -0.497 e. The first-order valence-corrected chi connectivity index (χ1v) is 12.9. The molecule has 3 aromatic carbocycles. The minimum atomic E-state index is -0.471. The van der Waals surface area contributed by atoms with Crippen LogP contribution in [0.4, 0.5) is 11.5 Å². The van der Waals surface area contributed by atoms with Crippen LogP contribution >= 0.6 is 0 Å². The summed E-state index contributed by atoms with van der Waals surface area (Å²) >= 11 is 0. The Morgan fingerprint density at radius 2 is 1.68 bits per heavy atom. The molecule has 200 valence electrons. The zero-order valence-corrected chi connectivity index (χ0v) is 21.8. The lowest BCUT2D eigenvalue weighted by Gasteiger charge is -2.35. The summed E-state index contributed by atoms with van der Waals surface area (Å²) in [4.78, 5) is 36.9. The van der Waals surface area contributed by atoms with E-state index in [1.165, 1.54) is 24.3 Å². The molecule has 0 radical (unpaired) electrons. The molecule has 10 nitrogen and oxygen atoms in total. The van der Waals surface area contributed by atoms with Crippen molar-refractivity contribution in [2.45, 2.75) is 0 Å². The van der Waals surface area contributed by atoms with Gasteiger partial charge in [-0.25, -0.2) is 9.97 Å². The van der Waals surface area contributed by atoms with Crippen LogP contribution in [0.2, 0.25) is 0 Å². The molecule has 0 atom stereocenters. The summed E-state index contributed by atoms with van der Waals surface area (Å²) in [5.41, 5.74) is 4.17. The third kappa shape index (κ3) is 4.60. The molecular weight excluding hydrogens is 508 g/mol. The van der Waals surface area contributed by atoms with Crippen molar-refractivity contribution in [1.82, 2.24) is 19.4 Å². The normalized spacial score (nSPS) is 13.4. The number of carbonyl (C=O) groups is 1. The average molecular weight is 535 g/mol. The van der Waals surface area contributed by atoms with Crippen LogP contribution in [0.1, 0.15) is 10.4 Å². The maximum absolute atomic E-state index is 13.1. The number of nitrogens with zero attached hydrogens (tertiary/aromatic N) is 6. The SMILES string of the molecule is COc1cccc(-n2cc(-c3ccccc3)c3c(N4CCN(C(=O)c5ccc([N+](=O)[O-])cc5)CC4)ncnc32)c1. The van der Waals surface area contributed by atoms with Gasteiger partial charge in [0, 0.05) is 61.7 Å². The number of fused-ring (bicyclic) bond motifs is 1. The molecule has 40 heavy (non-hydrogen) atoms. The highest BCUT2D eigenvalue weighted by atomic mass is 16.6. The Balaban J connectivity index is 1.33. The first-order valence-electron chi connectivity index (χ1n) is 12.9. The van der Waals surface area contributed by atoms with Crippen molar-refractivity contribution in [3.8, 4) is 22.6 Å². The predicted molar refractivity (Wildman–Crippen MR) is 152 cm³/mol. The molecule has 1 saturated heterocycles. The van der Waals surface area contributed by atoms with Gasteiger partial charge in [0.1, 0.15) is 17.9 Å². The number of piperazine rings is 1. The fourth-order valence-electron chi connectivity index (χ4n) is 5.11. The van der Waals surface area contributed by atoms with E-state index < -0.39 is 4.92 Å². The highest BCUT2D eigenvalue weighted by molar-refractivity contribution is 6.02. The third-order valence-corrected chi connectivity index (χ3v) is 7.17. The number of ether oxygens (including phenoxy) is 1. The molecule has 1 aliphatic heterocycles. The lowest BCUT2D eigenvalue weighted by atomic mass is 10.1. The van der Waals surface area contributed by atoms with Gasteiger partial charge in [-0.1, -0.05) is 36.4 Å². The number of benzene rings is 3. The molecule has 5 aromatic rings. The minimum absolute atomic E-state index is 0.0377. The first kappa shape index (κ1) is 25.1. The Labute approximate surface area is 230 Å². The van der Waals surface area contributed by atoms with E-state index in [4.69, 9.17) is 9.72 Å². The number of rotatable bonds is 6. The van der Waals surface area contributed by atoms with Crippen LogP contribution in [-0.4, -0.2) is 63.6 Å². The van der Waals surface area contributed by atoms with E-state index in [0.29, 0.717) is 31.7 Å². The van der Waals surface area contributed by atoms with Gasteiger partial charge in [0.05, 0.1) is 23.1 Å². The van der Waals surface area contributed by atoms with Crippen LogP contribution in [0.15, 0.2) is 91.4 Å². The number of nitro benzene ring substituents is 1. The predicted octanol–water partition coefficient (Wildman–Crippen LogP) is 4.97. The highest BCUT2D eigenvalue weighted by Gasteiger charge is 2.26. The lowest BCUT2D eigenvalue weighted by molar-refractivity contribution is -0.384. The van der Waals surface area contributed by atoms with Crippen molar-refractivity contribution >= 4 is 28.4 Å². The second kappa shape index (κ2) is 10.5. The Morgan fingerprint density at radius 3 is 2.38 bits per heavy atom. The van der Waals surface area contributed by atoms with Crippen molar-refractivity contribution in [2.75, 3.05) is 38.2 Å². The van der Waals surface area contributed by atoms with Crippen molar-refractivity contribution < 1.29 is 14.5 Å². The Morgan fingerprint density at radius 1 is 0.925 bits per heavy atom. The number of nitro groups is 1. The summed E-state index contributed by atoms with van der Waals surface area (Å²) in [7, 11) is 1.65. The summed E-state index contributed by atoms with van der Waals surface area (Å²) in [5.74, 6) is 1.42. The number of hydrogen-bond donors (Lipinski definition) is 0. The number of hydrogen-bond acceptors (Lipinski definition) is 7. The van der Waals surface area contributed by atoms with Gasteiger partial charge in [0.15, 0.2) is 5.65 Å². The Bertz CT molecular complexity index is 1690. The third-order valence-electron chi connectivity index (χ3n) is 7.17. The van der Waals surface area contributed by atoms with Gasteiger partial charge >= 0.3 is 0 Å². The van der Waals surface area contributed by atoms with Crippen LogP contribution in [0.5, 0.6) is 5.75 Å². The smallest absolute Gasteiger partial charge is 0.269 e. The van der Waals surface area contributed by atoms with Gasteiger partial charge in [-0.2, -0.15) is 0 Å². The zero-order valence-electron chi connectivity index (χ0n) is 21.8. The molecule has 0 N–H and O–H groups in total. The van der Waals surface area contributed by atoms with E-state index >= 15 is 0 Å².